The number of para-hydroxylation sites is 1. The summed E-state index contributed by atoms with van der Waals surface area (Å²) in [4.78, 5) is 6.75. The molecular weight excluding hydrogens is 535 g/mol. The first-order chi connectivity index (χ1) is 17.5. The Balaban J connectivity index is 1.58. The Morgan fingerprint density at radius 1 is 1.05 bits per heavy atom. The largest absolute Gasteiger partial charge is 0.494 e. The van der Waals surface area contributed by atoms with Crippen LogP contribution in [0.25, 0.3) is 0 Å². The molecule has 0 unspecified atom stereocenters. The van der Waals surface area contributed by atoms with Gasteiger partial charge in [-0.2, -0.15) is 4.98 Å². The highest BCUT2D eigenvalue weighted by molar-refractivity contribution is 7.92. The van der Waals surface area contributed by atoms with E-state index in [0.29, 0.717) is 29.4 Å². The maximum absolute atomic E-state index is 12.8. The second-order valence-corrected chi connectivity index (χ2v) is 15.5. The van der Waals surface area contributed by atoms with Crippen LogP contribution in [0.3, 0.4) is 0 Å². The highest BCUT2D eigenvalue weighted by Gasteiger charge is 2.25. The van der Waals surface area contributed by atoms with Crippen molar-refractivity contribution in [1.29, 1.82) is 0 Å². The molecule has 0 radical (unpaired) electrons. The molecule has 3 aromatic rings. The fourth-order valence-electron chi connectivity index (χ4n) is 3.89. The number of halogens is 1. The first kappa shape index (κ1) is 27.2. The number of methoxy groups -OCH3 is 1. The van der Waals surface area contributed by atoms with E-state index in [0.717, 1.165) is 18.8 Å². The van der Waals surface area contributed by atoms with Crippen molar-refractivity contribution in [3.8, 4) is 5.75 Å². The standard InChI is InChI=1S/C24H30ClN6O4PS/c1-16(2)37(33,34)21-8-6-5-7-19(21)26-23-22(25)29-30-24(28-23)27-18-10-9-17(15-20(18)35-3)31-11-13-36(4,32)14-12-31/h5-10,15-16H,11-14H2,1-4H3,(H2,26,27,28,30). The third-order valence-corrected chi connectivity index (χ3v) is 11.0. The minimum absolute atomic E-state index is 0.0112. The van der Waals surface area contributed by atoms with Crippen molar-refractivity contribution in [3.05, 3.63) is 47.6 Å². The molecular formula is C24H30ClN6O4PS. The molecule has 37 heavy (non-hydrogen) atoms. The van der Waals surface area contributed by atoms with Gasteiger partial charge in [0.1, 0.15) is 5.75 Å². The van der Waals surface area contributed by atoms with Crippen molar-refractivity contribution in [3.63, 3.8) is 0 Å². The van der Waals surface area contributed by atoms with E-state index in [2.05, 4.69) is 30.7 Å². The number of ether oxygens (including phenoxy) is 1. The summed E-state index contributed by atoms with van der Waals surface area (Å²) in [6.45, 7) is 6.58. The fourth-order valence-corrected chi connectivity index (χ4v) is 6.77. The van der Waals surface area contributed by atoms with E-state index in [1.54, 1.807) is 39.2 Å². The van der Waals surface area contributed by atoms with E-state index >= 15 is 0 Å². The van der Waals surface area contributed by atoms with Gasteiger partial charge in [0.15, 0.2) is 20.8 Å². The summed E-state index contributed by atoms with van der Waals surface area (Å²) in [6.07, 6.45) is 1.38. The summed E-state index contributed by atoms with van der Waals surface area (Å²) in [6, 6.07) is 12.3. The van der Waals surface area contributed by atoms with Crippen LogP contribution in [0.1, 0.15) is 13.8 Å². The molecule has 0 amide bonds. The van der Waals surface area contributed by atoms with Gasteiger partial charge in [0.2, 0.25) is 5.95 Å². The van der Waals surface area contributed by atoms with Gasteiger partial charge in [-0.3, -0.25) is 0 Å². The number of rotatable bonds is 8. The van der Waals surface area contributed by atoms with Gasteiger partial charge in [0.25, 0.3) is 0 Å². The minimum atomic E-state index is -3.55. The lowest BCUT2D eigenvalue weighted by Crippen LogP contribution is -2.34. The van der Waals surface area contributed by atoms with E-state index in [4.69, 9.17) is 16.3 Å². The fraction of sp³-hybridized carbons (Fsp3) is 0.375. The number of benzene rings is 2. The summed E-state index contributed by atoms with van der Waals surface area (Å²) in [5.41, 5.74) is 1.93. The van der Waals surface area contributed by atoms with Crippen LogP contribution in [0.2, 0.25) is 5.15 Å². The topological polar surface area (TPSA) is 126 Å². The molecule has 0 saturated carbocycles. The molecule has 0 spiro atoms. The number of nitrogens with zero attached hydrogens (tertiary/aromatic N) is 4. The van der Waals surface area contributed by atoms with Crippen LogP contribution < -0.4 is 20.3 Å². The molecule has 0 bridgehead atoms. The van der Waals surface area contributed by atoms with Crippen LogP contribution in [-0.2, 0) is 14.4 Å². The van der Waals surface area contributed by atoms with E-state index in [-0.39, 0.29) is 21.8 Å². The maximum atomic E-state index is 12.8. The van der Waals surface area contributed by atoms with Crippen molar-refractivity contribution in [2.45, 2.75) is 24.0 Å². The minimum Gasteiger partial charge on any atom is -0.494 e. The predicted octanol–water partition coefficient (Wildman–Crippen LogP) is 5.02. The third kappa shape index (κ3) is 6.17. The van der Waals surface area contributed by atoms with Gasteiger partial charge in [-0.25, -0.2) is 8.42 Å². The zero-order chi connectivity index (χ0) is 26.8. The second kappa shape index (κ2) is 10.8. The lowest BCUT2D eigenvalue weighted by Gasteiger charge is -2.32. The SMILES string of the molecule is COc1cc(N2CCP(C)(=O)CC2)ccc1Nc1nnc(Cl)c(Nc2ccccc2S(=O)(=O)C(C)C)n1. The number of hydrogen-bond acceptors (Lipinski definition) is 10. The highest BCUT2D eigenvalue weighted by atomic mass is 35.5. The molecule has 1 aromatic heterocycles. The van der Waals surface area contributed by atoms with Crippen LogP contribution in [0.15, 0.2) is 47.4 Å². The molecule has 13 heteroatoms. The first-order valence-corrected chi connectivity index (χ1v) is 16.2. The summed E-state index contributed by atoms with van der Waals surface area (Å²) in [5.74, 6) is 0.870. The maximum Gasteiger partial charge on any atom is 0.249 e. The average molecular weight is 565 g/mol. The Kier molecular flexibility index (Phi) is 7.96. The van der Waals surface area contributed by atoms with Crippen molar-refractivity contribution < 1.29 is 17.7 Å². The average Bonchev–Trinajstić information content (AvgIpc) is 2.86. The van der Waals surface area contributed by atoms with Gasteiger partial charge in [0.05, 0.1) is 35.8 Å². The molecule has 198 valence electrons. The summed E-state index contributed by atoms with van der Waals surface area (Å²) >= 11 is 6.24. The monoisotopic (exact) mass is 564 g/mol. The molecule has 10 nitrogen and oxygen atoms in total. The lowest BCUT2D eigenvalue weighted by atomic mass is 10.2. The third-order valence-electron chi connectivity index (χ3n) is 6.20. The number of nitrogens with one attached hydrogen (secondary N) is 2. The van der Waals surface area contributed by atoms with Crippen LogP contribution >= 0.6 is 18.7 Å². The Morgan fingerprint density at radius 2 is 1.76 bits per heavy atom. The van der Waals surface area contributed by atoms with Crippen molar-refractivity contribution in [2.24, 2.45) is 0 Å². The van der Waals surface area contributed by atoms with Gasteiger partial charge in [-0.05, 0) is 44.8 Å². The van der Waals surface area contributed by atoms with Crippen molar-refractivity contribution in [2.75, 3.05) is 54.7 Å². The van der Waals surface area contributed by atoms with E-state index < -0.39 is 22.2 Å². The molecule has 0 aliphatic carbocycles. The molecule has 0 atom stereocenters. The molecule has 4 rings (SSSR count). The quantitative estimate of drug-likeness (QED) is 0.360. The molecule has 1 fully saturated rings. The Labute approximate surface area is 222 Å². The van der Waals surface area contributed by atoms with E-state index in [1.807, 2.05) is 24.9 Å². The van der Waals surface area contributed by atoms with Crippen LogP contribution in [0.4, 0.5) is 28.8 Å². The number of anilines is 5. The normalized spacial score (nSPS) is 15.5. The molecule has 2 heterocycles. The van der Waals surface area contributed by atoms with Crippen LogP contribution in [0, 0.1) is 0 Å². The second-order valence-electron chi connectivity index (χ2n) is 9.23. The zero-order valence-electron chi connectivity index (χ0n) is 21.1. The number of hydrogen-bond donors (Lipinski definition) is 2. The van der Waals surface area contributed by atoms with Gasteiger partial charge < -0.3 is 24.8 Å². The molecule has 1 aliphatic heterocycles. The Bertz CT molecular complexity index is 1440. The summed E-state index contributed by atoms with van der Waals surface area (Å²) in [7, 11) is -4.01. The van der Waals surface area contributed by atoms with Gasteiger partial charge >= 0.3 is 0 Å². The number of sulfone groups is 1. The van der Waals surface area contributed by atoms with Gasteiger partial charge in [-0.15, -0.1) is 10.2 Å². The molecule has 1 aliphatic rings. The number of aromatic nitrogens is 3. The lowest BCUT2D eigenvalue weighted by molar-refractivity contribution is 0.416. The Morgan fingerprint density at radius 3 is 2.43 bits per heavy atom. The van der Waals surface area contributed by atoms with Crippen LogP contribution in [-0.4, -0.2) is 68.0 Å². The Hall–Kier alpha value is -2.88. The van der Waals surface area contributed by atoms with Gasteiger partial charge in [0, 0.05) is 37.2 Å². The van der Waals surface area contributed by atoms with Crippen LogP contribution in [0.5, 0.6) is 5.75 Å². The first-order valence-electron chi connectivity index (χ1n) is 11.8. The predicted molar refractivity (Wildman–Crippen MR) is 149 cm³/mol. The zero-order valence-corrected chi connectivity index (χ0v) is 23.6. The van der Waals surface area contributed by atoms with Gasteiger partial charge in [-0.1, -0.05) is 23.7 Å². The molecule has 1 saturated heterocycles. The highest BCUT2D eigenvalue weighted by Crippen LogP contribution is 2.44. The molecule has 2 N–H and O–H groups in total. The smallest absolute Gasteiger partial charge is 0.249 e. The van der Waals surface area contributed by atoms with Crippen molar-refractivity contribution >= 4 is 57.4 Å². The molecule has 2 aromatic carbocycles. The van der Waals surface area contributed by atoms with Crippen molar-refractivity contribution in [1.82, 2.24) is 15.2 Å². The van der Waals surface area contributed by atoms with E-state index in [1.165, 1.54) is 6.07 Å². The summed E-state index contributed by atoms with van der Waals surface area (Å²) in [5, 5.41) is 13.5. The van der Waals surface area contributed by atoms with E-state index in [9.17, 15) is 13.0 Å². The summed E-state index contributed by atoms with van der Waals surface area (Å²) < 4.78 is 43.5.